The van der Waals surface area contributed by atoms with Crippen LogP contribution in [0.2, 0.25) is 0 Å². The summed E-state index contributed by atoms with van der Waals surface area (Å²) < 4.78 is 28.4. The number of nitrogens with zero attached hydrogens (tertiary/aromatic N) is 2. The van der Waals surface area contributed by atoms with Gasteiger partial charge in [0.15, 0.2) is 0 Å². The van der Waals surface area contributed by atoms with Crippen LogP contribution in [0.1, 0.15) is 11.6 Å². The fourth-order valence-corrected chi connectivity index (χ4v) is 1.95. The maximum absolute atomic E-state index is 12.1. The molecule has 0 spiro atoms. The highest BCUT2D eigenvalue weighted by atomic mass is 19.3. The Hall–Kier alpha value is -2.62. The molecule has 0 fully saturated rings. The third-order valence-electron chi connectivity index (χ3n) is 2.74. The maximum atomic E-state index is 12.1. The molecule has 0 saturated heterocycles. The lowest BCUT2D eigenvalue weighted by Crippen LogP contribution is -2.33. The van der Waals surface area contributed by atoms with Gasteiger partial charge in [0, 0.05) is 0 Å². The smallest absolute Gasteiger partial charge is 0.387 e. The van der Waals surface area contributed by atoms with Crippen LogP contribution in [-0.2, 0) is 0 Å². The van der Waals surface area contributed by atoms with E-state index in [2.05, 4.69) is 15.6 Å². The van der Waals surface area contributed by atoms with E-state index in [4.69, 9.17) is 12.2 Å². The number of nitrogens with two attached hydrogens (primary N) is 1. The Balaban J connectivity index is 2.24. The number of amides is 2. The minimum absolute atomic E-state index is 0.0204. The van der Waals surface area contributed by atoms with Crippen molar-refractivity contribution in [3.05, 3.63) is 29.8 Å². The third kappa shape index (κ3) is 2.69. The second kappa shape index (κ2) is 5.57. The second-order valence-corrected chi connectivity index (χ2v) is 4.00. The van der Waals surface area contributed by atoms with E-state index in [9.17, 15) is 13.6 Å². The first-order valence-electron chi connectivity index (χ1n) is 5.66. The molecule has 1 aromatic rings. The van der Waals surface area contributed by atoms with Crippen molar-refractivity contribution in [2.75, 3.05) is 6.54 Å². The number of halogens is 2. The SMILES string of the molecule is C#CCN1C(=O)N=C(N)C1c1ccc(OC(F)F)cc1. The first-order chi connectivity index (χ1) is 9.52. The molecule has 2 amide bonds. The molecule has 2 rings (SSSR count). The first kappa shape index (κ1) is 13.8. The van der Waals surface area contributed by atoms with Gasteiger partial charge in [-0.15, -0.1) is 6.42 Å². The third-order valence-corrected chi connectivity index (χ3v) is 2.74. The molecule has 20 heavy (non-hydrogen) atoms. The predicted octanol–water partition coefficient (Wildman–Crippen LogP) is 1.76. The van der Waals surface area contributed by atoms with Gasteiger partial charge in [0.05, 0.1) is 6.54 Å². The zero-order valence-corrected chi connectivity index (χ0v) is 10.3. The van der Waals surface area contributed by atoms with Crippen molar-refractivity contribution in [1.29, 1.82) is 0 Å². The molecule has 2 N–H and O–H groups in total. The van der Waals surface area contributed by atoms with Crippen molar-refractivity contribution in [3.8, 4) is 18.1 Å². The monoisotopic (exact) mass is 279 g/mol. The average molecular weight is 279 g/mol. The van der Waals surface area contributed by atoms with Gasteiger partial charge in [0.25, 0.3) is 0 Å². The molecule has 104 valence electrons. The first-order valence-corrected chi connectivity index (χ1v) is 5.66. The number of hydrogen-bond donors (Lipinski definition) is 1. The van der Waals surface area contributed by atoms with Gasteiger partial charge in [0.1, 0.15) is 17.6 Å². The highest BCUT2D eigenvalue weighted by Crippen LogP contribution is 2.28. The molecule has 1 unspecified atom stereocenters. The number of ether oxygens (including phenoxy) is 1. The summed E-state index contributed by atoms with van der Waals surface area (Å²) in [7, 11) is 0. The minimum atomic E-state index is -2.89. The zero-order valence-electron chi connectivity index (χ0n) is 10.3. The summed E-state index contributed by atoms with van der Waals surface area (Å²) in [5.41, 5.74) is 6.33. The van der Waals surface area contributed by atoms with Crippen LogP contribution in [0.15, 0.2) is 29.3 Å². The van der Waals surface area contributed by atoms with Crippen LogP contribution in [0.3, 0.4) is 0 Å². The van der Waals surface area contributed by atoms with Crippen LogP contribution in [0, 0.1) is 12.3 Å². The lowest BCUT2D eigenvalue weighted by atomic mass is 10.1. The number of alkyl halides is 2. The molecular formula is C13H11F2N3O2. The molecule has 0 aromatic heterocycles. The molecule has 0 aliphatic carbocycles. The molecule has 7 heteroatoms. The zero-order chi connectivity index (χ0) is 14.7. The van der Waals surface area contributed by atoms with E-state index in [1.54, 1.807) is 0 Å². The Labute approximate surface area is 114 Å². The van der Waals surface area contributed by atoms with Gasteiger partial charge in [-0.1, -0.05) is 18.1 Å². The van der Waals surface area contributed by atoms with Gasteiger partial charge in [-0.3, -0.25) is 4.90 Å². The van der Waals surface area contributed by atoms with E-state index in [1.165, 1.54) is 29.2 Å². The van der Waals surface area contributed by atoms with Crippen molar-refractivity contribution in [2.24, 2.45) is 10.7 Å². The van der Waals surface area contributed by atoms with Crippen LogP contribution in [0.4, 0.5) is 13.6 Å². The topological polar surface area (TPSA) is 67.9 Å². The molecule has 5 nitrogen and oxygen atoms in total. The second-order valence-electron chi connectivity index (χ2n) is 4.00. The number of carbonyl (C=O) groups is 1. The van der Waals surface area contributed by atoms with E-state index in [-0.39, 0.29) is 18.1 Å². The highest BCUT2D eigenvalue weighted by molar-refractivity contribution is 6.03. The van der Waals surface area contributed by atoms with Gasteiger partial charge >= 0.3 is 12.6 Å². The molecule has 1 aliphatic heterocycles. The number of aliphatic imine (C=N–C) groups is 1. The summed E-state index contributed by atoms with van der Waals surface area (Å²) in [6, 6.07) is 4.70. The summed E-state index contributed by atoms with van der Waals surface area (Å²) in [4.78, 5) is 16.6. The Morgan fingerprint density at radius 2 is 2.10 bits per heavy atom. The van der Waals surface area contributed by atoms with E-state index in [0.717, 1.165) is 0 Å². The number of rotatable bonds is 4. The normalized spacial score (nSPS) is 18.1. The summed E-state index contributed by atoms with van der Waals surface area (Å²) in [5.74, 6) is 2.49. The fourth-order valence-electron chi connectivity index (χ4n) is 1.95. The van der Waals surface area contributed by atoms with E-state index in [1.807, 2.05) is 0 Å². The quantitative estimate of drug-likeness (QED) is 0.854. The van der Waals surface area contributed by atoms with Gasteiger partial charge in [-0.2, -0.15) is 13.8 Å². The minimum Gasteiger partial charge on any atom is -0.435 e. The Morgan fingerprint density at radius 1 is 1.45 bits per heavy atom. The molecule has 0 saturated carbocycles. The average Bonchev–Trinajstić information content (AvgIpc) is 2.65. The molecule has 1 atom stereocenters. The Kier molecular flexibility index (Phi) is 3.84. The molecule has 1 aromatic carbocycles. The Morgan fingerprint density at radius 3 is 2.65 bits per heavy atom. The van der Waals surface area contributed by atoms with Crippen LogP contribution in [-0.4, -0.2) is 29.9 Å². The van der Waals surface area contributed by atoms with E-state index in [0.29, 0.717) is 5.56 Å². The number of carbonyl (C=O) groups excluding carboxylic acids is 1. The van der Waals surface area contributed by atoms with Gasteiger partial charge in [0.2, 0.25) is 0 Å². The summed E-state index contributed by atoms with van der Waals surface area (Å²) in [6.07, 6.45) is 5.20. The number of terminal acetylenes is 1. The summed E-state index contributed by atoms with van der Waals surface area (Å²) in [6.45, 7) is -2.83. The van der Waals surface area contributed by atoms with E-state index < -0.39 is 18.7 Å². The van der Waals surface area contributed by atoms with Crippen LogP contribution in [0.5, 0.6) is 5.75 Å². The maximum Gasteiger partial charge on any atom is 0.387 e. The lowest BCUT2D eigenvalue weighted by Gasteiger charge is -2.22. The number of benzene rings is 1. The fraction of sp³-hybridized carbons (Fsp3) is 0.231. The largest absolute Gasteiger partial charge is 0.435 e. The Bertz CT molecular complexity index is 578. The van der Waals surface area contributed by atoms with E-state index >= 15 is 0 Å². The molecule has 0 radical (unpaired) electrons. The van der Waals surface area contributed by atoms with Crippen molar-refractivity contribution < 1.29 is 18.3 Å². The molecular weight excluding hydrogens is 268 g/mol. The van der Waals surface area contributed by atoms with Crippen molar-refractivity contribution in [3.63, 3.8) is 0 Å². The van der Waals surface area contributed by atoms with Crippen LogP contribution < -0.4 is 10.5 Å². The highest BCUT2D eigenvalue weighted by Gasteiger charge is 2.33. The number of amidine groups is 1. The van der Waals surface area contributed by atoms with Gasteiger partial charge in [-0.05, 0) is 17.7 Å². The van der Waals surface area contributed by atoms with Crippen molar-refractivity contribution in [2.45, 2.75) is 12.7 Å². The standard InChI is InChI=1S/C13H11F2N3O2/c1-2-7-18-10(11(16)17-13(18)19)8-3-5-9(6-4-8)20-12(14)15/h1,3-6,10,12H,7H2,(H2,16,17,19). The lowest BCUT2D eigenvalue weighted by molar-refractivity contribution is -0.0498. The molecule has 1 aliphatic rings. The summed E-state index contributed by atoms with van der Waals surface area (Å²) in [5, 5.41) is 0. The van der Waals surface area contributed by atoms with Crippen LogP contribution in [0.25, 0.3) is 0 Å². The molecule has 1 heterocycles. The number of urea groups is 1. The molecule has 0 bridgehead atoms. The number of hydrogen-bond acceptors (Lipinski definition) is 3. The van der Waals surface area contributed by atoms with Crippen LogP contribution >= 0.6 is 0 Å². The van der Waals surface area contributed by atoms with Crippen molar-refractivity contribution >= 4 is 11.9 Å². The predicted molar refractivity (Wildman–Crippen MR) is 68.4 cm³/mol. The summed E-state index contributed by atoms with van der Waals surface area (Å²) >= 11 is 0. The van der Waals surface area contributed by atoms with Crippen molar-refractivity contribution in [1.82, 2.24) is 4.90 Å². The van der Waals surface area contributed by atoms with Gasteiger partial charge in [-0.25, -0.2) is 4.79 Å². The van der Waals surface area contributed by atoms with Gasteiger partial charge < -0.3 is 10.5 Å².